The minimum atomic E-state index is -0.640. The lowest BCUT2D eigenvalue weighted by molar-refractivity contribution is -0.131. The number of carbonyl (C=O) groups excluding carboxylic acids is 2. The summed E-state index contributed by atoms with van der Waals surface area (Å²) in [6.45, 7) is 0.530. The van der Waals surface area contributed by atoms with Crippen molar-refractivity contribution in [1.82, 2.24) is 15.2 Å². The number of hydrogen-bond acceptors (Lipinski definition) is 3. The highest BCUT2D eigenvalue weighted by Crippen LogP contribution is 2.08. The molecule has 3 rings (SSSR count). The Morgan fingerprint density at radius 3 is 2.24 bits per heavy atom. The van der Waals surface area contributed by atoms with Crippen molar-refractivity contribution < 1.29 is 9.59 Å². The van der Waals surface area contributed by atoms with Gasteiger partial charge in [-0.2, -0.15) is 0 Å². The fraction of sp³-hybridized carbons (Fsp3) is 0.208. The third-order valence-electron chi connectivity index (χ3n) is 4.73. The van der Waals surface area contributed by atoms with E-state index in [1.54, 1.807) is 30.3 Å². The summed E-state index contributed by atoms with van der Waals surface area (Å²) in [5, 5.41) is 2.91. The molecule has 1 aromatic heterocycles. The van der Waals surface area contributed by atoms with E-state index in [0.29, 0.717) is 24.9 Å². The Morgan fingerprint density at radius 2 is 1.59 bits per heavy atom. The van der Waals surface area contributed by atoms with Crippen LogP contribution < -0.4 is 5.32 Å². The maximum atomic E-state index is 13.1. The fourth-order valence-corrected chi connectivity index (χ4v) is 3.09. The van der Waals surface area contributed by atoms with Gasteiger partial charge in [-0.15, -0.1) is 0 Å². The van der Waals surface area contributed by atoms with Crippen LogP contribution in [0.3, 0.4) is 0 Å². The van der Waals surface area contributed by atoms with Gasteiger partial charge in [-0.1, -0.05) is 54.6 Å². The van der Waals surface area contributed by atoms with Crippen molar-refractivity contribution in [3.05, 3.63) is 102 Å². The summed E-state index contributed by atoms with van der Waals surface area (Å²) in [5.41, 5.74) is 2.46. The normalized spacial score (nSPS) is 11.5. The van der Waals surface area contributed by atoms with E-state index in [-0.39, 0.29) is 11.8 Å². The summed E-state index contributed by atoms with van der Waals surface area (Å²) >= 11 is 0. The molecule has 1 heterocycles. The van der Waals surface area contributed by atoms with E-state index in [4.69, 9.17) is 0 Å². The van der Waals surface area contributed by atoms with E-state index in [2.05, 4.69) is 10.3 Å². The average molecular weight is 387 g/mol. The van der Waals surface area contributed by atoms with Crippen molar-refractivity contribution >= 4 is 11.8 Å². The zero-order chi connectivity index (χ0) is 20.5. The van der Waals surface area contributed by atoms with Crippen molar-refractivity contribution in [2.24, 2.45) is 0 Å². The van der Waals surface area contributed by atoms with Crippen molar-refractivity contribution in [1.29, 1.82) is 0 Å². The Balaban J connectivity index is 1.70. The lowest BCUT2D eigenvalue weighted by atomic mass is 10.0. The summed E-state index contributed by atoms with van der Waals surface area (Å²) in [6.07, 6.45) is 2.84. The number of likely N-dealkylation sites (N-methyl/N-ethyl adjacent to an activating group) is 1. The van der Waals surface area contributed by atoms with Crippen LogP contribution in [0, 0.1) is 0 Å². The molecule has 0 saturated heterocycles. The number of nitrogens with zero attached hydrogens (tertiary/aromatic N) is 2. The highest BCUT2D eigenvalue weighted by molar-refractivity contribution is 5.97. The van der Waals surface area contributed by atoms with Crippen LogP contribution in [-0.2, 0) is 17.6 Å². The van der Waals surface area contributed by atoms with Gasteiger partial charge in [-0.05, 0) is 29.8 Å². The van der Waals surface area contributed by atoms with Gasteiger partial charge < -0.3 is 10.2 Å². The van der Waals surface area contributed by atoms with E-state index < -0.39 is 6.04 Å². The van der Waals surface area contributed by atoms with Crippen molar-refractivity contribution in [2.45, 2.75) is 18.9 Å². The van der Waals surface area contributed by atoms with Gasteiger partial charge in [0.15, 0.2) is 0 Å². The molecule has 148 valence electrons. The molecule has 2 amide bonds. The Labute approximate surface area is 171 Å². The molecule has 3 aromatic rings. The molecule has 5 nitrogen and oxygen atoms in total. The van der Waals surface area contributed by atoms with Gasteiger partial charge in [0, 0.05) is 43.9 Å². The van der Waals surface area contributed by atoms with Crippen molar-refractivity contribution in [2.75, 3.05) is 13.6 Å². The smallest absolute Gasteiger partial charge is 0.251 e. The average Bonchev–Trinajstić information content (AvgIpc) is 2.78. The second-order valence-corrected chi connectivity index (χ2v) is 6.91. The molecule has 1 unspecified atom stereocenters. The van der Waals surface area contributed by atoms with E-state index in [1.165, 1.54) is 0 Å². The summed E-state index contributed by atoms with van der Waals surface area (Å²) in [5.74, 6) is -0.368. The molecule has 29 heavy (non-hydrogen) atoms. The third kappa shape index (κ3) is 6.01. The van der Waals surface area contributed by atoms with Gasteiger partial charge in [0.2, 0.25) is 5.91 Å². The maximum absolute atomic E-state index is 13.1. The highest BCUT2D eigenvalue weighted by Gasteiger charge is 2.24. The van der Waals surface area contributed by atoms with Crippen LogP contribution in [0.1, 0.15) is 21.6 Å². The Kier molecular flexibility index (Phi) is 7.11. The number of aromatic nitrogens is 1. The first-order valence-electron chi connectivity index (χ1n) is 9.68. The molecule has 0 spiro atoms. The summed E-state index contributed by atoms with van der Waals surface area (Å²) in [7, 11) is 1.76. The topological polar surface area (TPSA) is 62.3 Å². The van der Waals surface area contributed by atoms with Gasteiger partial charge in [0.25, 0.3) is 5.91 Å². The van der Waals surface area contributed by atoms with Crippen LogP contribution in [-0.4, -0.2) is 41.3 Å². The molecule has 0 bridgehead atoms. The number of benzene rings is 2. The molecule has 1 N–H and O–H groups in total. The molecule has 0 radical (unpaired) electrons. The fourth-order valence-electron chi connectivity index (χ4n) is 3.09. The minimum absolute atomic E-state index is 0.117. The van der Waals surface area contributed by atoms with E-state index in [9.17, 15) is 9.59 Å². The number of amides is 2. The van der Waals surface area contributed by atoms with Crippen LogP contribution in [0.5, 0.6) is 0 Å². The maximum Gasteiger partial charge on any atom is 0.251 e. The molecule has 2 aromatic carbocycles. The lowest BCUT2D eigenvalue weighted by Crippen LogP contribution is -2.49. The third-order valence-corrected chi connectivity index (χ3v) is 4.73. The molecule has 0 aliphatic rings. The first-order chi connectivity index (χ1) is 14.1. The highest BCUT2D eigenvalue weighted by atomic mass is 16.2. The van der Waals surface area contributed by atoms with Crippen LogP contribution in [0.2, 0.25) is 0 Å². The molecule has 0 aliphatic carbocycles. The second kappa shape index (κ2) is 10.2. The summed E-state index contributed by atoms with van der Waals surface area (Å²) in [4.78, 5) is 31.7. The van der Waals surface area contributed by atoms with E-state index in [1.807, 2.05) is 66.7 Å². The monoisotopic (exact) mass is 387 g/mol. The van der Waals surface area contributed by atoms with Crippen molar-refractivity contribution in [3.63, 3.8) is 0 Å². The largest absolute Gasteiger partial charge is 0.344 e. The number of carbonyl (C=O) groups is 2. The summed E-state index contributed by atoms with van der Waals surface area (Å²) < 4.78 is 0. The number of pyridine rings is 1. The van der Waals surface area contributed by atoms with Crippen molar-refractivity contribution in [3.8, 4) is 0 Å². The van der Waals surface area contributed by atoms with Crippen LogP contribution in [0.15, 0.2) is 85.1 Å². The number of rotatable bonds is 8. The van der Waals surface area contributed by atoms with Gasteiger partial charge in [-0.3, -0.25) is 14.6 Å². The Bertz CT molecular complexity index is 915. The molecule has 1 atom stereocenters. The number of nitrogens with one attached hydrogen (secondary N) is 1. The number of hydrogen-bond donors (Lipinski definition) is 1. The van der Waals surface area contributed by atoms with Crippen LogP contribution in [0.4, 0.5) is 0 Å². The van der Waals surface area contributed by atoms with Crippen LogP contribution in [0.25, 0.3) is 0 Å². The SMILES string of the molecule is CN(CCc1ccccn1)C(=O)C(Cc1ccccc1)NC(=O)c1ccccc1. The van der Waals surface area contributed by atoms with Gasteiger partial charge in [0.05, 0.1) is 0 Å². The first-order valence-corrected chi connectivity index (χ1v) is 9.68. The Hall–Kier alpha value is -3.47. The standard InChI is InChI=1S/C24H25N3O2/c1-27(17-15-21-14-8-9-16-25-21)24(29)22(18-19-10-4-2-5-11-19)26-23(28)20-12-6-3-7-13-20/h2-14,16,22H,15,17-18H2,1H3,(H,26,28). The van der Waals surface area contributed by atoms with E-state index >= 15 is 0 Å². The molecular weight excluding hydrogens is 362 g/mol. The predicted octanol–water partition coefficient (Wildman–Crippen LogP) is 3.12. The zero-order valence-corrected chi connectivity index (χ0v) is 16.5. The minimum Gasteiger partial charge on any atom is -0.344 e. The van der Waals surface area contributed by atoms with Gasteiger partial charge in [0.1, 0.15) is 6.04 Å². The van der Waals surface area contributed by atoms with E-state index in [0.717, 1.165) is 11.3 Å². The molecule has 0 aliphatic heterocycles. The molecule has 0 fully saturated rings. The molecule has 5 heteroatoms. The summed E-state index contributed by atoms with van der Waals surface area (Å²) in [6, 6.07) is 23.8. The lowest BCUT2D eigenvalue weighted by Gasteiger charge is -2.25. The Morgan fingerprint density at radius 1 is 0.931 bits per heavy atom. The molecular formula is C24H25N3O2. The van der Waals surface area contributed by atoms with Gasteiger partial charge >= 0.3 is 0 Å². The second-order valence-electron chi connectivity index (χ2n) is 6.91. The first kappa shape index (κ1) is 20.3. The van der Waals surface area contributed by atoms with Crippen LogP contribution >= 0.6 is 0 Å². The predicted molar refractivity (Wildman–Crippen MR) is 113 cm³/mol. The quantitative estimate of drug-likeness (QED) is 0.646. The zero-order valence-electron chi connectivity index (χ0n) is 16.5. The molecule has 0 saturated carbocycles. The van der Waals surface area contributed by atoms with Gasteiger partial charge in [-0.25, -0.2) is 0 Å².